The number of aliphatic hydroxyl groups is 1. The summed E-state index contributed by atoms with van der Waals surface area (Å²) in [5, 5.41) is 17.2. The zero-order valence-corrected chi connectivity index (χ0v) is 8.15. The zero-order chi connectivity index (χ0) is 11.0. The molecule has 0 spiro atoms. The molecule has 2 N–H and O–H groups in total. The van der Waals surface area contributed by atoms with Gasteiger partial charge in [-0.05, 0) is 11.1 Å². The Labute approximate surface area is 84.3 Å². The van der Waals surface area contributed by atoms with Crippen molar-refractivity contribution >= 4 is 0 Å². The first kappa shape index (κ1) is 12.8. The van der Waals surface area contributed by atoms with Gasteiger partial charge in [0.1, 0.15) is 6.10 Å². The Morgan fingerprint density at radius 2 is 2.07 bits per heavy atom. The van der Waals surface area contributed by atoms with Gasteiger partial charge in [-0.3, -0.25) is 5.26 Å². The van der Waals surface area contributed by atoms with Crippen molar-refractivity contribution < 1.29 is 15.3 Å². The normalized spacial score (nSPS) is 13.4. The Morgan fingerprint density at radius 1 is 1.43 bits per heavy atom. The molecule has 0 radical (unpaired) electrons. The van der Waals surface area contributed by atoms with E-state index in [0.717, 1.165) is 11.1 Å². The summed E-state index contributed by atoms with van der Waals surface area (Å²) >= 11 is 0. The molecule has 0 fully saturated rings. The van der Waals surface area contributed by atoms with E-state index in [-0.39, 0.29) is 6.61 Å². The number of hydrogen-bond acceptors (Lipinski definition) is 3. The Morgan fingerprint density at radius 3 is 2.43 bits per heavy atom. The van der Waals surface area contributed by atoms with E-state index in [1.165, 1.54) is 0 Å². The molecule has 0 aliphatic rings. The monoisotopic (exact) mass is 196 g/mol. The van der Waals surface area contributed by atoms with Crippen LogP contribution in [0.4, 0.5) is 0 Å². The lowest BCUT2D eigenvalue weighted by Gasteiger charge is -2.12. The maximum absolute atomic E-state index is 8.77. The molecule has 0 saturated heterocycles. The van der Waals surface area contributed by atoms with Gasteiger partial charge in [0.05, 0.1) is 6.61 Å². The van der Waals surface area contributed by atoms with Crippen LogP contribution in [-0.2, 0) is 4.89 Å². The average Bonchev–Trinajstić information content (AvgIpc) is 2.22. The standard InChI is InChI=1S/C11H16O3/c1-4-6-10(5-2)9(3)7-11(8-12)14-13/h4-6,11-13H,1-3,7-8H2/b10-6+. The molecule has 0 saturated carbocycles. The maximum atomic E-state index is 8.77. The van der Waals surface area contributed by atoms with Crippen molar-refractivity contribution in [3.05, 3.63) is 49.1 Å². The molecule has 0 heterocycles. The molecule has 1 unspecified atom stereocenters. The summed E-state index contributed by atoms with van der Waals surface area (Å²) in [6.45, 7) is 10.7. The fraction of sp³-hybridized carbons (Fsp3) is 0.273. The molecule has 0 aromatic rings. The minimum absolute atomic E-state index is 0.256. The zero-order valence-electron chi connectivity index (χ0n) is 8.15. The number of allylic oxidation sites excluding steroid dienone is 4. The lowest BCUT2D eigenvalue weighted by Crippen LogP contribution is -2.16. The van der Waals surface area contributed by atoms with E-state index in [4.69, 9.17) is 10.4 Å². The summed E-state index contributed by atoms with van der Waals surface area (Å²) in [5.74, 6) is 0. The van der Waals surface area contributed by atoms with Gasteiger partial charge in [0.2, 0.25) is 0 Å². The molecule has 1 atom stereocenters. The molecule has 0 aliphatic carbocycles. The molecule has 14 heavy (non-hydrogen) atoms. The minimum atomic E-state index is -0.643. The van der Waals surface area contributed by atoms with Crippen LogP contribution in [0.15, 0.2) is 49.1 Å². The fourth-order valence-electron chi connectivity index (χ4n) is 0.985. The van der Waals surface area contributed by atoms with Crippen LogP contribution in [0.2, 0.25) is 0 Å². The predicted molar refractivity (Wildman–Crippen MR) is 56.8 cm³/mol. The van der Waals surface area contributed by atoms with Gasteiger partial charge in [-0.2, -0.15) is 0 Å². The van der Waals surface area contributed by atoms with Gasteiger partial charge in [0.15, 0.2) is 0 Å². The highest BCUT2D eigenvalue weighted by atomic mass is 17.1. The summed E-state index contributed by atoms with van der Waals surface area (Å²) in [4.78, 5) is 4.04. The fourth-order valence-corrected chi connectivity index (χ4v) is 0.985. The van der Waals surface area contributed by atoms with E-state index in [0.29, 0.717) is 6.42 Å². The quantitative estimate of drug-likeness (QED) is 0.372. The van der Waals surface area contributed by atoms with Crippen LogP contribution >= 0.6 is 0 Å². The van der Waals surface area contributed by atoms with Crippen LogP contribution in [0.5, 0.6) is 0 Å². The lowest BCUT2D eigenvalue weighted by molar-refractivity contribution is -0.283. The number of rotatable bonds is 7. The van der Waals surface area contributed by atoms with Crippen LogP contribution < -0.4 is 0 Å². The molecule has 0 amide bonds. The van der Waals surface area contributed by atoms with Crippen LogP contribution in [0.3, 0.4) is 0 Å². The lowest BCUT2D eigenvalue weighted by atomic mass is 10.0. The Kier molecular flexibility index (Phi) is 6.66. The van der Waals surface area contributed by atoms with Crippen LogP contribution in [0.1, 0.15) is 6.42 Å². The summed E-state index contributed by atoms with van der Waals surface area (Å²) < 4.78 is 0. The summed E-state index contributed by atoms with van der Waals surface area (Å²) in [5.41, 5.74) is 1.54. The van der Waals surface area contributed by atoms with E-state index >= 15 is 0 Å². The van der Waals surface area contributed by atoms with Crippen LogP contribution in [-0.4, -0.2) is 23.1 Å². The van der Waals surface area contributed by atoms with E-state index in [2.05, 4.69) is 24.6 Å². The van der Waals surface area contributed by atoms with Gasteiger partial charge >= 0.3 is 0 Å². The Balaban J connectivity index is 4.37. The number of hydrogen-bond donors (Lipinski definition) is 2. The van der Waals surface area contributed by atoms with Gasteiger partial charge in [-0.1, -0.05) is 38.0 Å². The highest BCUT2D eigenvalue weighted by molar-refractivity contribution is 5.39. The van der Waals surface area contributed by atoms with Crippen molar-refractivity contribution in [2.24, 2.45) is 0 Å². The molecule has 0 bridgehead atoms. The van der Waals surface area contributed by atoms with Gasteiger partial charge < -0.3 is 5.11 Å². The van der Waals surface area contributed by atoms with E-state index < -0.39 is 6.10 Å². The summed E-state index contributed by atoms with van der Waals surface area (Å²) in [6, 6.07) is 0. The second-order valence-electron chi connectivity index (χ2n) is 2.78. The highest BCUT2D eigenvalue weighted by Crippen LogP contribution is 2.16. The topological polar surface area (TPSA) is 49.7 Å². The average molecular weight is 196 g/mol. The Bertz CT molecular complexity index is 237. The van der Waals surface area contributed by atoms with Crippen molar-refractivity contribution in [2.75, 3.05) is 6.61 Å². The maximum Gasteiger partial charge on any atom is 0.120 e. The molecule has 3 nitrogen and oxygen atoms in total. The second-order valence-corrected chi connectivity index (χ2v) is 2.78. The smallest absolute Gasteiger partial charge is 0.120 e. The van der Waals surface area contributed by atoms with E-state index in [9.17, 15) is 0 Å². The van der Waals surface area contributed by atoms with Crippen molar-refractivity contribution in [1.29, 1.82) is 0 Å². The molecule has 0 aliphatic heterocycles. The third kappa shape index (κ3) is 4.18. The molecule has 0 aromatic heterocycles. The van der Waals surface area contributed by atoms with Crippen molar-refractivity contribution in [2.45, 2.75) is 12.5 Å². The van der Waals surface area contributed by atoms with Crippen molar-refractivity contribution in [3.63, 3.8) is 0 Å². The Hall–Kier alpha value is -1.16. The second kappa shape index (κ2) is 7.26. The first-order valence-corrected chi connectivity index (χ1v) is 4.24. The molecule has 0 aromatic carbocycles. The molecule has 3 heteroatoms. The third-order valence-corrected chi connectivity index (χ3v) is 1.75. The molecular formula is C11H16O3. The number of aliphatic hydroxyl groups excluding tert-OH is 1. The molecular weight excluding hydrogens is 180 g/mol. The minimum Gasteiger partial charge on any atom is -0.394 e. The summed E-state index contributed by atoms with van der Waals surface area (Å²) in [7, 11) is 0. The summed E-state index contributed by atoms with van der Waals surface area (Å²) in [6.07, 6.45) is 4.71. The largest absolute Gasteiger partial charge is 0.394 e. The van der Waals surface area contributed by atoms with Crippen molar-refractivity contribution in [3.8, 4) is 0 Å². The van der Waals surface area contributed by atoms with E-state index in [1.807, 2.05) is 0 Å². The van der Waals surface area contributed by atoms with Crippen molar-refractivity contribution in [1.82, 2.24) is 0 Å². The third-order valence-electron chi connectivity index (χ3n) is 1.75. The molecule has 78 valence electrons. The van der Waals surface area contributed by atoms with Gasteiger partial charge in [-0.15, -0.1) is 0 Å². The first-order chi connectivity index (χ1) is 6.69. The highest BCUT2D eigenvalue weighted by Gasteiger charge is 2.10. The van der Waals surface area contributed by atoms with Gasteiger partial charge in [-0.25, -0.2) is 4.89 Å². The SMILES string of the molecule is C=C/C=C(\C=C)C(=C)CC(CO)OO. The van der Waals surface area contributed by atoms with Gasteiger partial charge in [0.25, 0.3) is 0 Å². The first-order valence-electron chi connectivity index (χ1n) is 4.24. The predicted octanol–water partition coefficient (Wildman–Crippen LogP) is 2.08. The van der Waals surface area contributed by atoms with Crippen LogP contribution in [0, 0.1) is 0 Å². The van der Waals surface area contributed by atoms with E-state index in [1.54, 1.807) is 18.2 Å². The van der Waals surface area contributed by atoms with Crippen LogP contribution in [0.25, 0.3) is 0 Å². The van der Waals surface area contributed by atoms with Gasteiger partial charge in [0, 0.05) is 6.42 Å². The molecule has 0 rings (SSSR count).